The Balaban J connectivity index is 2.34. The van der Waals surface area contributed by atoms with Crippen LogP contribution >= 0.6 is 0 Å². The highest BCUT2D eigenvalue weighted by Crippen LogP contribution is 2.30. The molecule has 2 rings (SSSR count). The van der Waals surface area contributed by atoms with Gasteiger partial charge in [-0.1, -0.05) is 12.1 Å². The summed E-state index contributed by atoms with van der Waals surface area (Å²) in [6.45, 7) is 3.73. The van der Waals surface area contributed by atoms with Crippen LogP contribution in [-0.4, -0.2) is 18.7 Å². The zero-order valence-corrected chi connectivity index (χ0v) is 9.61. The standard InChI is InChI=1S/C13H14O3/c1-13(2)8-11(12(14)16-13)9-4-6-10(15-3)7-5-9/h4-8H,1-3H3. The highest BCUT2D eigenvalue weighted by atomic mass is 16.6. The molecule has 0 unspecified atom stereocenters. The maximum absolute atomic E-state index is 11.6. The van der Waals surface area contributed by atoms with Gasteiger partial charge in [-0.15, -0.1) is 0 Å². The number of benzene rings is 1. The Morgan fingerprint density at radius 3 is 2.25 bits per heavy atom. The van der Waals surface area contributed by atoms with Crippen LogP contribution in [-0.2, 0) is 9.53 Å². The molecule has 0 saturated heterocycles. The number of methoxy groups -OCH3 is 1. The van der Waals surface area contributed by atoms with E-state index in [1.807, 2.05) is 44.2 Å². The van der Waals surface area contributed by atoms with Crippen molar-refractivity contribution in [2.24, 2.45) is 0 Å². The van der Waals surface area contributed by atoms with Crippen LogP contribution in [0.5, 0.6) is 5.75 Å². The van der Waals surface area contributed by atoms with E-state index in [0.717, 1.165) is 11.3 Å². The molecule has 16 heavy (non-hydrogen) atoms. The van der Waals surface area contributed by atoms with Crippen molar-refractivity contribution in [3.63, 3.8) is 0 Å². The van der Waals surface area contributed by atoms with Crippen molar-refractivity contribution in [1.82, 2.24) is 0 Å². The van der Waals surface area contributed by atoms with E-state index in [1.165, 1.54) is 0 Å². The summed E-state index contributed by atoms with van der Waals surface area (Å²) in [6.07, 6.45) is 1.84. The summed E-state index contributed by atoms with van der Waals surface area (Å²) in [7, 11) is 1.61. The molecule has 0 aromatic heterocycles. The number of cyclic esters (lactones) is 1. The van der Waals surface area contributed by atoms with Gasteiger partial charge in [-0.2, -0.15) is 0 Å². The van der Waals surface area contributed by atoms with Gasteiger partial charge in [0.2, 0.25) is 0 Å². The molecule has 1 heterocycles. The Bertz CT molecular complexity index is 441. The molecule has 0 amide bonds. The fourth-order valence-electron chi connectivity index (χ4n) is 1.70. The first-order valence-corrected chi connectivity index (χ1v) is 5.12. The van der Waals surface area contributed by atoms with Crippen LogP contribution in [0, 0.1) is 0 Å². The maximum Gasteiger partial charge on any atom is 0.339 e. The average Bonchev–Trinajstić information content (AvgIpc) is 2.52. The monoisotopic (exact) mass is 218 g/mol. The van der Waals surface area contributed by atoms with Crippen LogP contribution < -0.4 is 4.74 Å². The molecule has 0 saturated carbocycles. The van der Waals surface area contributed by atoms with Gasteiger partial charge in [0.25, 0.3) is 0 Å². The number of hydrogen-bond acceptors (Lipinski definition) is 3. The van der Waals surface area contributed by atoms with E-state index in [9.17, 15) is 4.79 Å². The molecule has 0 N–H and O–H groups in total. The SMILES string of the molecule is COc1ccc(C2=CC(C)(C)OC2=O)cc1. The van der Waals surface area contributed by atoms with Crippen LogP contribution in [0.15, 0.2) is 30.3 Å². The number of rotatable bonds is 2. The Labute approximate surface area is 94.7 Å². The lowest BCUT2D eigenvalue weighted by Gasteiger charge is -2.12. The summed E-state index contributed by atoms with van der Waals surface area (Å²) in [5.41, 5.74) is 0.968. The van der Waals surface area contributed by atoms with Crippen molar-refractivity contribution >= 4 is 11.5 Å². The van der Waals surface area contributed by atoms with Gasteiger partial charge in [-0.05, 0) is 37.6 Å². The fraction of sp³-hybridized carbons (Fsp3) is 0.308. The van der Waals surface area contributed by atoms with Crippen LogP contribution in [0.1, 0.15) is 19.4 Å². The van der Waals surface area contributed by atoms with Crippen molar-refractivity contribution in [2.45, 2.75) is 19.4 Å². The number of ether oxygens (including phenoxy) is 2. The van der Waals surface area contributed by atoms with Crippen LogP contribution in [0.2, 0.25) is 0 Å². The fourth-order valence-corrected chi connectivity index (χ4v) is 1.70. The van der Waals surface area contributed by atoms with E-state index < -0.39 is 5.60 Å². The van der Waals surface area contributed by atoms with Crippen molar-refractivity contribution in [3.05, 3.63) is 35.9 Å². The Morgan fingerprint density at radius 2 is 1.81 bits per heavy atom. The first-order chi connectivity index (χ1) is 7.52. The van der Waals surface area contributed by atoms with E-state index in [4.69, 9.17) is 9.47 Å². The molecule has 0 bridgehead atoms. The quantitative estimate of drug-likeness (QED) is 0.715. The number of carbonyl (C=O) groups is 1. The summed E-state index contributed by atoms with van der Waals surface area (Å²) in [4.78, 5) is 11.6. The number of hydrogen-bond donors (Lipinski definition) is 0. The van der Waals surface area contributed by atoms with Gasteiger partial charge in [-0.25, -0.2) is 4.79 Å². The molecule has 0 atom stereocenters. The topological polar surface area (TPSA) is 35.5 Å². The molecular weight excluding hydrogens is 204 g/mol. The summed E-state index contributed by atoms with van der Waals surface area (Å²) in [5.74, 6) is 0.505. The minimum Gasteiger partial charge on any atom is -0.497 e. The number of carbonyl (C=O) groups excluding carboxylic acids is 1. The van der Waals surface area contributed by atoms with Crippen molar-refractivity contribution < 1.29 is 14.3 Å². The normalized spacial score (nSPS) is 17.9. The summed E-state index contributed by atoms with van der Waals surface area (Å²) < 4.78 is 10.3. The van der Waals surface area contributed by atoms with Gasteiger partial charge in [0.1, 0.15) is 11.4 Å². The first-order valence-electron chi connectivity index (χ1n) is 5.12. The highest BCUT2D eigenvalue weighted by molar-refractivity contribution is 6.18. The maximum atomic E-state index is 11.6. The van der Waals surface area contributed by atoms with Gasteiger partial charge in [0, 0.05) is 0 Å². The largest absolute Gasteiger partial charge is 0.497 e. The summed E-state index contributed by atoms with van der Waals surface area (Å²) >= 11 is 0. The zero-order chi connectivity index (χ0) is 11.8. The third-order valence-corrected chi connectivity index (χ3v) is 2.47. The van der Waals surface area contributed by atoms with Crippen molar-refractivity contribution in [2.75, 3.05) is 7.11 Å². The molecule has 3 heteroatoms. The van der Waals surface area contributed by atoms with Crippen molar-refractivity contribution in [3.8, 4) is 5.75 Å². The molecule has 0 fully saturated rings. The molecule has 0 aliphatic carbocycles. The predicted octanol–water partition coefficient (Wildman–Crippen LogP) is 2.41. The molecule has 1 aliphatic heterocycles. The lowest BCUT2D eigenvalue weighted by atomic mass is 10.0. The van der Waals surface area contributed by atoms with Gasteiger partial charge >= 0.3 is 5.97 Å². The first kappa shape index (κ1) is 10.7. The number of esters is 1. The summed E-state index contributed by atoms with van der Waals surface area (Å²) in [6, 6.07) is 7.37. The van der Waals surface area contributed by atoms with Gasteiger partial charge in [0.15, 0.2) is 0 Å². The van der Waals surface area contributed by atoms with Crippen LogP contribution in [0.3, 0.4) is 0 Å². The second-order valence-electron chi connectivity index (χ2n) is 4.28. The smallest absolute Gasteiger partial charge is 0.339 e. The van der Waals surface area contributed by atoms with E-state index in [2.05, 4.69) is 0 Å². The van der Waals surface area contributed by atoms with E-state index in [1.54, 1.807) is 7.11 Å². The van der Waals surface area contributed by atoms with E-state index in [-0.39, 0.29) is 5.97 Å². The lowest BCUT2D eigenvalue weighted by Crippen LogP contribution is -2.17. The van der Waals surface area contributed by atoms with E-state index in [0.29, 0.717) is 5.57 Å². The van der Waals surface area contributed by atoms with Gasteiger partial charge in [-0.3, -0.25) is 0 Å². The second kappa shape index (κ2) is 3.67. The molecular formula is C13H14O3. The molecule has 84 valence electrons. The highest BCUT2D eigenvalue weighted by Gasteiger charge is 2.32. The minimum atomic E-state index is -0.508. The predicted molar refractivity (Wildman–Crippen MR) is 61.1 cm³/mol. The molecule has 0 spiro atoms. The van der Waals surface area contributed by atoms with Gasteiger partial charge < -0.3 is 9.47 Å². The molecule has 0 radical (unpaired) electrons. The molecule has 3 nitrogen and oxygen atoms in total. The molecule has 1 aliphatic rings. The van der Waals surface area contributed by atoms with Crippen LogP contribution in [0.4, 0.5) is 0 Å². The zero-order valence-electron chi connectivity index (χ0n) is 9.61. The Morgan fingerprint density at radius 1 is 1.19 bits per heavy atom. The van der Waals surface area contributed by atoms with E-state index >= 15 is 0 Å². The molecule has 1 aromatic rings. The Kier molecular flexibility index (Phi) is 2.46. The third kappa shape index (κ3) is 1.94. The molecule has 1 aromatic carbocycles. The van der Waals surface area contributed by atoms with Crippen LogP contribution in [0.25, 0.3) is 5.57 Å². The minimum absolute atomic E-state index is 0.268. The second-order valence-corrected chi connectivity index (χ2v) is 4.28. The van der Waals surface area contributed by atoms with Gasteiger partial charge in [0.05, 0.1) is 12.7 Å². The third-order valence-electron chi connectivity index (χ3n) is 2.47. The van der Waals surface area contributed by atoms with Crippen molar-refractivity contribution in [1.29, 1.82) is 0 Å². The summed E-state index contributed by atoms with van der Waals surface area (Å²) in [5, 5.41) is 0. The average molecular weight is 218 g/mol. The Hall–Kier alpha value is -1.77. The lowest BCUT2D eigenvalue weighted by molar-refractivity contribution is -0.142.